The number of amides is 2. The molecular weight excluding hydrogens is 424 g/mol. The number of furan rings is 1. The number of nitrogens with one attached hydrogen (secondary N) is 1. The number of ether oxygens (including phenoxy) is 1. The van der Waals surface area contributed by atoms with E-state index < -0.39 is 0 Å². The smallest absolute Gasteiger partial charge is 0.291 e. The molecule has 0 aliphatic carbocycles. The third-order valence-corrected chi connectivity index (χ3v) is 5.76. The molecule has 4 rings (SSSR count). The molecule has 0 spiro atoms. The lowest BCUT2D eigenvalue weighted by atomic mass is 10.1. The molecule has 0 unspecified atom stereocenters. The van der Waals surface area contributed by atoms with Crippen molar-refractivity contribution in [2.45, 2.75) is 13.1 Å². The van der Waals surface area contributed by atoms with Crippen LogP contribution in [0.3, 0.4) is 0 Å². The molecule has 7 heteroatoms. The number of nitrogens with zero attached hydrogens (tertiary/aromatic N) is 1. The summed E-state index contributed by atoms with van der Waals surface area (Å²) in [5.74, 6) is 0.523. The summed E-state index contributed by atoms with van der Waals surface area (Å²) in [4.78, 5) is 28.4. The van der Waals surface area contributed by atoms with Crippen LogP contribution in [0.4, 0.5) is 5.69 Å². The van der Waals surface area contributed by atoms with Crippen LogP contribution >= 0.6 is 11.3 Å². The zero-order valence-electron chi connectivity index (χ0n) is 17.5. The number of thiophene rings is 1. The largest absolute Gasteiger partial charge is 0.496 e. The van der Waals surface area contributed by atoms with Gasteiger partial charge in [0.15, 0.2) is 5.76 Å². The maximum atomic E-state index is 13.4. The molecular formula is C25H22N2O4S. The van der Waals surface area contributed by atoms with Crippen molar-refractivity contribution in [1.82, 2.24) is 4.90 Å². The van der Waals surface area contributed by atoms with Gasteiger partial charge in [0.25, 0.3) is 11.8 Å². The van der Waals surface area contributed by atoms with Crippen LogP contribution in [0.5, 0.6) is 5.75 Å². The Morgan fingerprint density at radius 3 is 2.47 bits per heavy atom. The van der Waals surface area contributed by atoms with Crippen LogP contribution in [0, 0.1) is 0 Å². The second kappa shape index (κ2) is 9.98. The number of para-hydroxylation sites is 1. The summed E-state index contributed by atoms with van der Waals surface area (Å²) >= 11 is 1.61. The Morgan fingerprint density at radius 1 is 0.969 bits per heavy atom. The van der Waals surface area contributed by atoms with Gasteiger partial charge in [-0.2, -0.15) is 0 Å². The summed E-state index contributed by atoms with van der Waals surface area (Å²) in [6.07, 6.45) is 1.45. The van der Waals surface area contributed by atoms with Crippen molar-refractivity contribution >= 4 is 28.8 Å². The summed E-state index contributed by atoms with van der Waals surface area (Å²) in [6.45, 7) is 0.906. The average Bonchev–Trinajstić information content (AvgIpc) is 3.54. The van der Waals surface area contributed by atoms with Crippen LogP contribution in [0.25, 0.3) is 0 Å². The summed E-state index contributed by atoms with van der Waals surface area (Å²) in [6, 6.07) is 21.8. The van der Waals surface area contributed by atoms with Crippen molar-refractivity contribution in [3.05, 3.63) is 106 Å². The second-order valence-corrected chi connectivity index (χ2v) is 8.09. The van der Waals surface area contributed by atoms with Gasteiger partial charge in [-0.1, -0.05) is 24.3 Å². The number of hydrogen-bond donors (Lipinski definition) is 1. The fourth-order valence-electron chi connectivity index (χ4n) is 3.31. The third kappa shape index (κ3) is 5.07. The van der Waals surface area contributed by atoms with Gasteiger partial charge >= 0.3 is 0 Å². The Morgan fingerprint density at radius 2 is 1.78 bits per heavy atom. The van der Waals surface area contributed by atoms with E-state index in [4.69, 9.17) is 9.15 Å². The quantitative estimate of drug-likeness (QED) is 0.391. The fourth-order valence-corrected chi connectivity index (χ4v) is 4.03. The molecule has 2 amide bonds. The molecule has 162 valence electrons. The molecule has 0 aliphatic heterocycles. The maximum absolute atomic E-state index is 13.4. The Labute approximate surface area is 190 Å². The predicted octanol–water partition coefficient (Wildman–Crippen LogP) is 5.44. The lowest BCUT2D eigenvalue weighted by Crippen LogP contribution is -2.30. The van der Waals surface area contributed by atoms with E-state index in [0.717, 1.165) is 16.2 Å². The van der Waals surface area contributed by atoms with E-state index in [1.165, 1.54) is 6.26 Å². The van der Waals surface area contributed by atoms with E-state index in [1.807, 2.05) is 41.8 Å². The Hall–Kier alpha value is -3.84. The molecule has 2 heterocycles. The van der Waals surface area contributed by atoms with E-state index in [2.05, 4.69) is 5.32 Å². The molecule has 0 aliphatic rings. The average molecular weight is 447 g/mol. The van der Waals surface area contributed by atoms with Crippen molar-refractivity contribution in [3.8, 4) is 5.75 Å². The number of methoxy groups -OCH3 is 1. The third-order valence-electron chi connectivity index (χ3n) is 4.90. The lowest BCUT2D eigenvalue weighted by molar-refractivity contribution is 0.0730. The van der Waals surface area contributed by atoms with E-state index in [1.54, 1.807) is 59.7 Å². The summed E-state index contributed by atoms with van der Waals surface area (Å²) < 4.78 is 10.6. The molecule has 0 saturated carbocycles. The summed E-state index contributed by atoms with van der Waals surface area (Å²) in [7, 11) is 1.63. The van der Waals surface area contributed by atoms with Gasteiger partial charge in [0.05, 0.1) is 26.5 Å². The van der Waals surface area contributed by atoms with Crippen molar-refractivity contribution in [3.63, 3.8) is 0 Å². The first kappa shape index (κ1) is 21.4. The van der Waals surface area contributed by atoms with Gasteiger partial charge in [0.2, 0.25) is 0 Å². The maximum Gasteiger partial charge on any atom is 0.291 e. The minimum atomic E-state index is -0.343. The highest BCUT2D eigenvalue weighted by molar-refractivity contribution is 7.09. The van der Waals surface area contributed by atoms with E-state index in [9.17, 15) is 9.59 Å². The predicted molar refractivity (Wildman–Crippen MR) is 124 cm³/mol. The topological polar surface area (TPSA) is 71.8 Å². The van der Waals surface area contributed by atoms with Gasteiger partial charge in [0, 0.05) is 21.7 Å². The number of carbonyl (C=O) groups is 2. The van der Waals surface area contributed by atoms with Gasteiger partial charge < -0.3 is 19.4 Å². The van der Waals surface area contributed by atoms with Crippen LogP contribution in [0.2, 0.25) is 0 Å². The fraction of sp³-hybridized carbons (Fsp3) is 0.120. The Bertz CT molecular complexity index is 1170. The molecule has 4 aromatic rings. The normalized spacial score (nSPS) is 10.5. The van der Waals surface area contributed by atoms with Crippen LogP contribution in [0.15, 0.2) is 88.9 Å². The Balaban J connectivity index is 1.52. The van der Waals surface area contributed by atoms with Crippen LogP contribution in [-0.4, -0.2) is 23.8 Å². The molecule has 0 bridgehead atoms. The molecule has 1 N–H and O–H groups in total. The van der Waals surface area contributed by atoms with E-state index in [-0.39, 0.29) is 17.6 Å². The molecule has 6 nitrogen and oxygen atoms in total. The van der Waals surface area contributed by atoms with Crippen molar-refractivity contribution in [2.24, 2.45) is 0 Å². The first-order valence-electron chi connectivity index (χ1n) is 10.0. The molecule has 32 heavy (non-hydrogen) atoms. The van der Waals surface area contributed by atoms with Gasteiger partial charge in [-0.25, -0.2) is 0 Å². The van der Waals surface area contributed by atoms with Crippen LogP contribution < -0.4 is 10.1 Å². The number of hydrogen-bond acceptors (Lipinski definition) is 5. The SMILES string of the molecule is COc1ccccc1CN(Cc1cccs1)C(=O)c1ccc(NC(=O)c2ccco2)cc1. The highest BCUT2D eigenvalue weighted by Gasteiger charge is 2.19. The number of rotatable bonds is 8. The standard InChI is InChI=1S/C25H22N2O4S/c1-30-22-8-3-2-6-19(22)16-27(17-21-7-5-15-32-21)25(29)18-10-12-20(13-11-18)26-24(28)23-9-4-14-31-23/h2-15H,16-17H2,1H3,(H,26,28). The highest BCUT2D eigenvalue weighted by Crippen LogP contribution is 2.23. The first-order valence-corrected chi connectivity index (χ1v) is 10.9. The molecule has 0 radical (unpaired) electrons. The molecule has 0 fully saturated rings. The molecule has 2 aromatic heterocycles. The van der Waals surface area contributed by atoms with Crippen LogP contribution in [-0.2, 0) is 13.1 Å². The molecule has 0 saturated heterocycles. The first-order chi connectivity index (χ1) is 15.6. The van der Waals surface area contributed by atoms with Crippen molar-refractivity contribution < 1.29 is 18.7 Å². The molecule has 0 atom stereocenters. The summed E-state index contributed by atoms with van der Waals surface area (Å²) in [5.41, 5.74) is 2.05. The van der Waals surface area contributed by atoms with Crippen LogP contribution in [0.1, 0.15) is 31.4 Å². The monoisotopic (exact) mass is 446 g/mol. The number of carbonyl (C=O) groups excluding carboxylic acids is 2. The van der Waals surface area contributed by atoms with Gasteiger partial charge in [-0.15, -0.1) is 11.3 Å². The Kier molecular flexibility index (Phi) is 6.67. The highest BCUT2D eigenvalue weighted by atomic mass is 32.1. The number of benzene rings is 2. The number of anilines is 1. The molecule has 2 aromatic carbocycles. The minimum Gasteiger partial charge on any atom is -0.496 e. The zero-order valence-corrected chi connectivity index (χ0v) is 18.3. The van der Waals surface area contributed by atoms with Gasteiger partial charge in [-0.05, 0) is 53.9 Å². The lowest BCUT2D eigenvalue weighted by Gasteiger charge is -2.23. The van der Waals surface area contributed by atoms with E-state index >= 15 is 0 Å². The van der Waals surface area contributed by atoms with Crippen molar-refractivity contribution in [1.29, 1.82) is 0 Å². The van der Waals surface area contributed by atoms with Gasteiger partial charge in [0.1, 0.15) is 5.75 Å². The second-order valence-electron chi connectivity index (χ2n) is 7.06. The van der Waals surface area contributed by atoms with Crippen molar-refractivity contribution in [2.75, 3.05) is 12.4 Å². The van der Waals surface area contributed by atoms with E-state index in [0.29, 0.717) is 24.3 Å². The van der Waals surface area contributed by atoms with Gasteiger partial charge in [-0.3, -0.25) is 9.59 Å². The summed E-state index contributed by atoms with van der Waals surface area (Å²) in [5, 5.41) is 4.76. The minimum absolute atomic E-state index is 0.104. The zero-order chi connectivity index (χ0) is 22.3.